The molecule has 1 N–H and O–H groups in total. The number of piperidine rings is 1. The van der Waals surface area contributed by atoms with Crippen LogP contribution in [0.2, 0.25) is 0 Å². The summed E-state index contributed by atoms with van der Waals surface area (Å²) < 4.78 is 5.21. The van der Waals surface area contributed by atoms with Gasteiger partial charge < -0.3 is 15.0 Å². The molecule has 0 bridgehead atoms. The van der Waals surface area contributed by atoms with Gasteiger partial charge in [0, 0.05) is 19.5 Å². The molecule has 168 valence electrons. The van der Waals surface area contributed by atoms with Gasteiger partial charge in [0.05, 0.1) is 19.1 Å². The minimum absolute atomic E-state index is 0.0217. The van der Waals surface area contributed by atoms with Crippen LogP contribution in [-0.2, 0) is 16.0 Å². The molecule has 5 heteroatoms. The van der Waals surface area contributed by atoms with E-state index in [-0.39, 0.29) is 23.8 Å². The Morgan fingerprint density at radius 2 is 1.61 bits per heavy atom. The third kappa shape index (κ3) is 4.23. The van der Waals surface area contributed by atoms with Crippen LogP contribution in [0.15, 0.2) is 72.8 Å². The summed E-state index contributed by atoms with van der Waals surface area (Å²) in [5, 5.41) is 3.29. The highest BCUT2D eigenvalue weighted by Gasteiger charge is 2.34. The van der Waals surface area contributed by atoms with Gasteiger partial charge in [-0.2, -0.15) is 0 Å². The standard InChI is InChI=1S/C28H28N2O3/c1-33-21-13-10-19(11-14-21)16-17-30-18-20(12-15-26(30)31)28(32)29-27-24-8-4-2-6-22(24)23-7-3-5-9-25(23)27/h2-11,13-14,20,27H,12,15-18H2,1H3,(H,29,32)/t20-/m0/s1. The zero-order valence-electron chi connectivity index (χ0n) is 18.8. The van der Waals surface area contributed by atoms with Crippen molar-refractivity contribution in [2.75, 3.05) is 20.2 Å². The van der Waals surface area contributed by atoms with Crippen LogP contribution >= 0.6 is 0 Å². The van der Waals surface area contributed by atoms with Gasteiger partial charge in [-0.25, -0.2) is 0 Å². The summed E-state index contributed by atoms with van der Waals surface area (Å²) in [4.78, 5) is 27.7. The van der Waals surface area contributed by atoms with E-state index in [1.165, 1.54) is 11.1 Å². The number of nitrogens with zero attached hydrogens (tertiary/aromatic N) is 1. The zero-order chi connectivity index (χ0) is 22.8. The van der Waals surface area contributed by atoms with Crippen LogP contribution in [-0.4, -0.2) is 36.9 Å². The fraction of sp³-hybridized carbons (Fsp3) is 0.286. The molecule has 5 nitrogen and oxygen atoms in total. The van der Waals surface area contributed by atoms with Crippen molar-refractivity contribution in [3.63, 3.8) is 0 Å². The topological polar surface area (TPSA) is 58.6 Å². The van der Waals surface area contributed by atoms with Crippen molar-refractivity contribution in [1.29, 1.82) is 0 Å². The summed E-state index contributed by atoms with van der Waals surface area (Å²) in [7, 11) is 1.65. The summed E-state index contributed by atoms with van der Waals surface area (Å²) in [5.41, 5.74) is 5.77. The van der Waals surface area contributed by atoms with Crippen LogP contribution in [0, 0.1) is 5.92 Å². The van der Waals surface area contributed by atoms with E-state index < -0.39 is 0 Å². The molecule has 1 atom stereocenters. The van der Waals surface area contributed by atoms with Crippen molar-refractivity contribution in [3.05, 3.63) is 89.5 Å². The molecule has 2 aliphatic rings. The predicted octanol–water partition coefficient (Wildman–Crippen LogP) is 4.36. The van der Waals surface area contributed by atoms with E-state index in [0.29, 0.717) is 25.9 Å². The van der Waals surface area contributed by atoms with Crippen molar-refractivity contribution in [1.82, 2.24) is 10.2 Å². The Bertz CT molecular complexity index is 1130. The van der Waals surface area contributed by atoms with Crippen molar-refractivity contribution in [2.45, 2.75) is 25.3 Å². The predicted molar refractivity (Wildman–Crippen MR) is 128 cm³/mol. The van der Waals surface area contributed by atoms with Crippen molar-refractivity contribution >= 4 is 11.8 Å². The Labute approximate surface area is 194 Å². The lowest BCUT2D eigenvalue weighted by Crippen LogP contribution is -2.47. The van der Waals surface area contributed by atoms with E-state index in [1.54, 1.807) is 7.11 Å². The van der Waals surface area contributed by atoms with E-state index in [2.05, 4.69) is 29.6 Å². The molecular weight excluding hydrogens is 412 g/mol. The van der Waals surface area contributed by atoms with E-state index in [1.807, 2.05) is 53.4 Å². The van der Waals surface area contributed by atoms with Crippen LogP contribution < -0.4 is 10.1 Å². The Morgan fingerprint density at radius 3 is 2.24 bits per heavy atom. The molecule has 0 aromatic heterocycles. The summed E-state index contributed by atoms with van der Waals surface area (Å²) in [6, 6.07) is 24.3. The normalized spacial score (nSPS) is 17.4. The maximum Gasteiger partial charge on any atom is 0.225 e. The molecule has 1 fully saturated rings. The SMILES string of the molecule is COc1ccc(CCN2C[C@@H](C(=O)NC3c4ccccc4-c4ccccc43)CCC2=O)cc1. The lowest BCUT2D eigenvalue weighted by Gasteiger charge is -2.32. The Kier molecular flexibility index (Phi) is 5.86. The van der Waals surface area contributed by atoms with Crippen molar-refractivity contribution in [3.8, 4) is 16.9 Å². The number of carbonyl (C=O) groups excluding carboxylic acids is 2. The summed E-state index contributed by atoms with van der Waals surface area (Å²) in [5.74, 6) is 0.774. The monoisotopic (exact) mass is 440 g/mol. The molecule has 2 amide bonds. The Balaban J connectivity index is 1.26. The first-order valence-electron chi connectivity index (χ1n) is 11.5. The van der Waals surface area contributed by atoms with Gasteiger partial charge in [0.1, 0.15) is 5.75 Å². The highest BCUT2D eigenvalue weighted by molar-refractivity contribution is 5.86. The maximum atomic E-state index is 13.3. The van der Waals surface area contributed by atoms with E-state index >= 15 is 0 Å². The largest absolute Gasteiger partial charge is 0.497 e. The fourth-order valence-corrected chi connectivity index (χ4v) is 4.97. The van der Waals surface area contributed by atoms with Crippen LogP contribution in [0.3, 0.4) is 0 Å². The molecule has 1 aliphatic carbocycles. The molecule has 1 heterocycles. The lowest BCUT2D eigenvalue weighted by atomic mass is 9.95. The van der Waals surface area contributed by atoms with Gasteiger partial charge in [-0.1, -0.05) is 60.7 Å². The van der Waals surface area contributed by atoms with Crippen LogP contribution in [0.5, 0.6) is 5.75 Å². The van der Waals surface area contributed by atoms with Gasteiger partial charge in [0.2, 0.25) is 11.8 Å². The van der Waals surface area contributed by atoms with Gasteiger partial charge >= 0.3 is 0 Å². The van der Waals surface area contributed by atoms with Gasteiger partial charge in [-0.15, -0.1) is 0 Å². The van der Waals surface area contributed by atoms with Gasteiger partial charge in [0.25, 0.3) is 0 Å². The molecule has 3 aromatic rings. The second-order valence-corrected chi connectivity index (χ2v) is 8.79. The molecular formula is C28H28N2O3. The molecule has 5 rings (SSSR count). The third-order valence-corrected chi connectivity index (χ3v) is 6.82. The quantitative estimate of drug-likeness (QED) is 0.620. The molecule has 1 saturated heterocycles. The highest BCUT2D eigenvalue weighted by Crippen LogP contribution is 2.43. The molecule has 0 radical (unpaired) electrons. The first-order chi connectivity index (χ1) is 16.1. The van der Waals surface area contributed by atoms with Gasteiger partial charge in [0.15, 0.2) is 0 Å². The summed E-state index contributed by atoms with van der Waals surface area (Å²) in [6.45, 7) is 1.08. The minimum atomic E-state index is -0.196. The number of rotatable bonds is 6. The number of fused-ring (bicyclic) bond motifs is 3. The van der Waals surface area contributed by atoms with E-state index in [0.717, 1.165) is 28.9 Å². The molecule has 3 aromatic carbocycles. The van der Waals surface area contributed by atoms with Crippen molar-refractivity contribution in [2.24, 2.45) is 5.92 Å². The molecule has 0 spiro atoms. The highest BCUT2D eigenvalue weighted by atomic mass is 16.5. The number of hydrogen-bond donors (Lipinski definition) is 1. The first-order valence-corrected chi connectivity index (χ1v) is 11.5. The van der Waals surface area contributed by atoms with Crippen LogP contribution in [0.4, 0.5) is 0 Å². The average Bonchev–Trinajstić information content (AvgIpc) is 3.17. The van der Waals surface area contributed by atoms with Gasteiger partial charge in [-0.05, 0) is 52.8 Å². The second-order valence-electron chi connectivity index (χ2n) is 8.79. The average molecular weight is 441 g/mol. The maximum absolute atomic E-state index is 13.3. The molecule has 1 aliphatic heterocycles. The van der Waals surface area contributed by atoms with Crippen molar-refractivity contribution < 1.29 is 14.3 Å². The minimum Gasteiger partial charge on any atom is -0.497 e. The van der Waals surface area contributed by atoms with E-state index in [4.69, 9.17) is 4.74 Å². The number of nitrogens with one attached hydrogen (secondary N) is 1. The number of methoxy groups -OCH3 is 1. The Hall–Kier alpha value is -3.60. The number of hydrogen-bond acceptors (Lipinski definition) is 3. The fourth-order valence-electron chi connectivity index (χ4n) is 4.97. The number of likely N-dealkylation sites (tertiary alicyclic amines) is 1. The summed E-state index contributed by atoms with van der Waals surface area (Å²) >= 11 is 0. The smallest absolute Gasteiger partial charge is 0.225 e. The number of ether oxygens (including phenoxy) is 1. The first kappa shape index (κ1) is 21.3. The number of carbonyl (C=O) groups is 2. The van der Waals surface area contributed by atoms with Crippen LogP contribution in [0.1, 0.15) is 35.6 Å². The molecule has 33 heavy (non-hydrogen) atoms. The van der Waals surface area contributed by atoms with Gasteiger partial charge in [-0.3, -0.25) is 9.59 Å². The zero-order valence-corrected chi connectivity index (χ0v) is 18.8. The number of benzene rings is 3. The van der Waals surface area contributed by atoms with Crippen LogP contribution in [0.25, 0.3) is 11.1 Å². The lowest BCUT2D eigenvalue weighted by molar-refractivity contribution is -0.138. The van der Waals surface area contributed by atoms with E-state index in [9.17, 15) is 9.59 Å². The second kappa shape index (κ2) is 9.10. The Morgan fingerprint density at radius 1 is 0.970 bits per heavy atom. The molecule has 0 saturated carbocycles. The number of amides is 2. The third-order valence-electron chi connectivity index (χ3n) is 6.82. The summed E-state index contributed by atoms with van der Waals surface area (Å²) in [6.07, 6.45) is 1.77. The molecule has 0 unspecified atom stereocenters.